The van der Waals surface area contributed by atoms with Crippen LogP contribution in [0, 0.1) is 0 Å². The molecule has 0 radical (unpaired) electrons. The Morgan fingerprint density at radius 3 is 1.40 bits per heavy atom. The smallest absolute Gasteiger partial charge is 0.444 e. The number of hydrogen-bond donors (Lipinski definition) is 2. The number of alkyl carbamates (subject to hydrolysis) is 1. The number of rotatable bonds is 5. The summed E-state index contributed by atoms with van der Waals surface area (Å²) < 4.78 is 71.6. The van der Waals surface area contributed by atoms with E-state index in [9.17, 15) is 31.2 Å². The number of carbonyl (C=O) groups excluding carboxylic acids is 3. The first-order valence-electron chi connectivity index (χ1n) is 19.6. The Hall–Kier alpha value is -3.03. The Balaban J connectivity index is 0.000000451. The number of amides is 1. The van der Waals surface area contributed by atoms with Gasteiger partial charge in [0, 0.05) is 43.6 Å². The summed E-state index contributed by atoms with van der Waals surface area (Å²) >= 11 is 9.59. The van der Waals surface area contributed by atoms with Gasteiger partial charge in [-0.25, -0.2) is 49.8 Å². The highest BCUT2D eigenvalue weighted by atomic mass is 79.9. The Bertz CT molecular complexity index is 2120. The number of nitrogens with two attached hydrogens (primary N) is 1. The maximum Gasteiger partial charge on any atom is 0.519 e. The lowest BCUT2D eigenvalue weighted by molar-refractivity contribution is -0.0294. The van der Waals surface area contributed by atoms with E-state index in [-0.39, 0.29) is 23.4 Å². The Morgan fingerprint density at radius 2 is 1.10 bits per heavy atom. The molecule has 4 rings (SSSR count). The number of thiophene rings is 2. The molecule has 0 aliphatic carbocycles. The van der Waals surface area contributed by atoms with Crippen molar-refractivity contribution in [2.24, 2.45) is 15.7 Å². The van der Waals surface area contributed by atoms with Crippen LogP contribution in [0.25, 0.3) is 0 Å². The van der Waals surface area contributed by atoms with Gasteiger partial charge in [0.05, 0.1) is 11.5 Å². The molecule has 0 saturated carbocycles. The molecule has 2 aliphatic rings. The summed E-state index contributed by atoms with van der Waals surface area (Å²) in [7, 11) is -4.24. The van der Waals surface area contributed by atoms with Crippen molar-refractivity contribution in [2.75, 3.05) is 45.2 Å². The number of hydrogen-bond acceptors (Lipinski definition) is 17. The van der Waals surface area contributed by atoms with Crippen LogP contribution in [0.4, 0.5) is 14.4 Å². The molecular formula is C39H65Br2N7O11S4. The highest BCUT2D eigenvalue weighted by Crippen LogP contribution is 2.38. The van der Waals surface area contributed by atoms with E-state index in [1.165, 1.54) is 56.4 Å². The first-order valence-corrected chi connectivity index (χ1v) is 26.2. The molecule has 360 valence electrons. The van der Waals surface area contributed by atoms with Gasteiger partial charge in [0.25, 0.3) is 0 Å². The van der Waals surface area contributed by atoms with Gasteiger partial charge in [0.15, 0.2) is 0 Å². The fourth-order valence-corrected chi connectivity index (χ4v) is 11.3. The number of nitrogens with zero attached hydrogens (tertiary/aromatic N) is 5. The van der Waals surface area contributed by atoms with E-state index in [1.54, 1.807) is 76.2 Å². The number of sulfonamides is 2. The molecule has 1 amide bonds. The number of aliphatic imine (C=N–C) groups is 2. The van der Waals surface area contributed by atoms with Crippen molar-refractivity contribution >= 4 is 105 Å². The van der Waals surface area contributed by atoms with Gasteiger partial charge in [-0.05, 0) is 140 Å². The van der Waals surface area contributed by atoms with Gasteiger partial charge < -0.3 is 29.6 Å². The van der Waals surface area contributed by atoms with E-state index in [4.69, 9.17) is 19.9 Å². The predicted molar refractivity (Wildman–Crippen MR) is 257 cm³/mol. The molecule has 2 aromatic rings. The monoisotopic (exact) mass is 1090 g/mol. The second-order valence-electron chi connectivity index (χ2n) is 17.4. The molecular weight excluding hydrogens is 1030 g/mol. The number of ether oxygens (including phenoxy) is 4. The summed E-state index contributed by atoms with van der Waals surface area (Å²) in [6.07, 6.45) is -2.87. The summed E-state index contributed by atoms with van der Waals surface area (Å²) in [6, 6.07) is 3.71. The first kappa shape index (κ1) is 58.0. The second kappa shape index (κ2) is 22.9. The van der Waals surface area contributed by atoms with E-state index in [0.29, 0.717) is 0 Å². The zero-order valence-electron chi connectivity index (χ0n) is 39.0. The molecule has 0 spiro atoms. The third-order valence-electron chi connectivity index (χ3n) is 8.19. The molecule has 18 nitrogen and oxygen atoms in total. The van der Waals surface area contributed by atoms with E-state index in [2.05, 4.69) is 77.6 Å². The summed E-state index contributed by atoms with van der Waals surface area (Å²) in [5.74, 6) is -0.265. The molecule has 24 heteroatoms. The first-order chi connectivity index (χ1) is 28.4. The second-order valence-corrected chi connectivity index (χ2v) is 25.1. The zero-order valence-corrected chi connectivity index (χ0v) is 45.5. The van der Waals surface area contributed by atoms with Gasteiger partial charge in [0.1, 0.15) is 27.9 Å². The Morgan fingerprint density at radius 1 is 0.730 bits per heavy atom. The van der Waals surface area contributed by atoms with Crippen molar-refractivity contribution in [3.05, 3.63) is 41.6 Å². The van der Waals surface area contributed by atoms with Crippen LogP contribution in [0.2, 0.25) is 0 Å². The number of nitrogens with one attached hydrogen (secondary N) is 1. The molecule has 2 atom stereocenters. The van der Waals surface area contributed by atoms with E-state index in [0.717, 1.165) is 27.3 Å². The van der Waals surface area contributed by atoms with Gasteiger partial charge in [-0.3, -0.25) is 5.32 Å². The number of guanidine groups is 2. The van der Waals surface area contributed by atoms with Gasteiger partial charge in [-0.1, -0.05) is 20.8 Å². The van der Waals surface area contributed by atoms with Crippen LogP contribution in [0.3, 0.4) is 0 Å². The molecule has 0 unspecified atom stereocenters. The average molecular weight is 1100 g/mol. The molecule has 0 aromatic carbocycles. The van der Waals surface area contributed by atoms with Gasteiger partial charge >= 0.3 is 18.4 Å². The van der Waals surface area contributed by atoms with Crippen molar-refractivity contribution < 1.29 is 50.2 Å². The maximum absolute atomic E-state index is 12.5. The third kappa shape index (κ3) is 19.9. The molecule has 4 heterocycles. The van der Waals surface area contributed by atoms with Gasteiger partial charge in [0.2, 0.25) is 32.0 Å². The molecule has 0 fully saturated rings. The van der Waals surface area contributed by atoms with E-state index >= 15 is 0 Å². The average Bonchev–Trinajstić information content (AvgIpc) is 3.74. The third-order valence-corrected chi connectivity index (χ3v) is 16.0. The topological polar surface area (TPSA) is 229 Å². The Labute approximate surface area is 398 Å². The van der Waals surface area contributed by atoms with Crippen LogP contribution in [-0.4, -0.2) is 123 Å². The van der Waals surface area contributed by atoms with Crippen LogP contribution in [-0.2, 0) is 50.1 Å². The lowest BCUT2D eigenvalue weighted by Gasteiger charge is -2.35. The SMILES string of the molecule is CC(C)(C)OC(=O)OC(=O)OC(C)(C)C.CCN(CC)CC.CN1C(N)=N[C@](C)(c2cc(Br)cs2)CS1(=O)=O.CN1C(NC(=O)OC(C)(C)C)=N[C@](C)(c2cc(Br)cs2)CS1(=O)=O. The molecule has 63 heavy (non-hydrogen) atoms. The quantitative estimate of drug-likeness (QED) is 0.163. The fraction of sp³-hybridized carbons (Fsp3) is 0.667. The normalized spacial score (nSPS) is 20.5. The lowest BCUT2D eigenvalue weighted by Crippen LogP contribution is -2.53. The maximum atomic E-state index is 12.5. The number of carbonyl (C=O) groups is 3. The van der Waals surface area contributed by atoms with Crippen LogP contribution in [0.1, 0.15) is 107 Å². The predicted octanol–water partition coefficient (Wildman–Crippen LogP) is 8.42. The van der Waals surface area contributed by atoms with Crippen LogP contribution in [0.5, 0.6) is 0 Å². The Kier molecular flexibility index (Phi) is 21.1. The van der Waals surface area contributed by atoms with E-state index in [1.807, 2.05) is 22.9 Å². The largest absolute Gasteiger partial charge is 0.519 e. The van der Waals surface area contributed by atoms with Crippen molar-refractivity contribution in [3.63, 3.8) is 0 Å². The standard InChI is InChI=1S/C14H20BrN3O4S2.C10H18O5.C9H12BrN3O2S2.C6H15N/c1-13(2,3)22-12(19)16-11-17-14(4,8-24(20,21)18(11)5)10-6-9(15)7-23-10;1-9(2,3)14-7(11)13-8(12)15-10(4,5)6;1-9(7-3-6(10)4-16-7)5-17(14,15)13(2)8(11)12-9;1-4-7(5-2)6-3/h6-7H,8H2,1-5H3,(H,16,17,19);1-6H3;3-4H,5H2,1-2H3,(H2,11,12);4-6H2,1-3H3/t14-;;9-;/m0.0./s1. The molecule has 2 aromatic heterocycles. The van der Waals surface area contributed by atoms with Crippen molar-refractivity contribution in [3.8, 4) is 0 Å². The zero-order chi connectivity index (χ0) is 49.2. The van der Waals surface area contributed by atoms with Gasteiger partial charge in [-0.15, -0.1) is 22.7 Å². The van der Waals surface area contributed by atoms with Crippen molar-refractivity contribution in [1.29, 1.82) is 0 Å². The van der Waals surface area contributed by atoms with Gasteiger partial charge in [-0.2, -0.15) is 0 Å². The minimum absolute atomic E-state index is 0.0308. The molecule has 3 N–H and O–H groups in total. The van der Waals surface area contributed by atoms with Crippen molar-refractivity contribution in [2.45, 2.75) is 125 Å². The molecule has 0 saturated heterocycles. The highest BCUT2D eigenvalue weighted by molar-refractivity contribution is 9.10. The van der Waals surface area contributed by atoms with Crippen LogP contribution >= 0.6 is 54.5 Å². The summed E-state index contributed by atoms with van der Waals surface area (Å²) in [5, 5.41) is 6.20. The van der Waals surface area contributed by atoms with Crippen LogP contribution < -0.4 is 11.1 Å². The van der Waals surface area contributed by atoms with E-state index < -0.39 is 66.3 Å². The fourth-order valence-electron chi connectivity index (χ4n) is 5.10. The molecule has 0 bridgehead atoms. The summed E-state index contributed by atoms with van der Waals surface area (Å²) in [5.41, 5.74) is 1.80. The molecule has 2 aliphatic heterocycles. The minimum Gasteiger partial charge on any atom is -0.444 e. The minimum atomic E-state index is -3.62. The lowest BCUT2D eigenvalue weighted by atomic mass is 10.0. The summed E-state index contributed by atoms with van der Waals surface area (Å²) in [6.45, 7) is 28.8. The summed E-state index contributed by atoms with van der Waals surface area (Å²) in [4.78, 5) is 46.8. The van der Waals surface area contributed by atoms with Crippen molar-refractivity contribution in [1.82, 2.24) is 18.8 Å². The van der Waals surface area contributed by atoms with Crippen LogP contribution in [0.15, 0.2) is 41.8 Å². The number of halogens is 2. The highest BCUT2D eigenvalue weighted by Gasteiger charge is 2.43.